The fourth-order valence-corrected chi connectivity index (χ4v) is 5.49. The van der Waals surface area contributed by atoms with Crippen LogP contribution in [0.5, 0.6) is 0 Å². The van der Waals surface area contributed by atoms with Crippen molar-refractivity contribution in [3.05, 3.63) is 97.2 Å². The zero-order valence-corrected chi connectivity index (χ0v) is 34.1. The smallest absolute Gasteiger partial charge is 0.387 e. The monoisotopic (exact) mass is 746 g/mol. The number of unbranched alkanes of at least 4 members (excludes halogenated alkanes) is 7. The molecule has 0 aliphatic carbocycles. The number of allylic oxidation sites excluding steroid dienone is 15. The van der Waals surface area contributed by atoms with Crippen molar-refractivity contribution in [3.63, 3.8) is 0 Å². The second-order valence-electron chi connectivity index (χ2n) is 13.9. The Morgan fingerprint density at radius 2 is 1.19 bits per heavy atom. The molecular formula is C43H74N2O6P+. The maximum absolute atomic E-state index is 12.8. The van der Waals surface area contributed by atoms with Gasteiger partial charge in [-0.05, 0) is 84.0 Å². The van der Waals surface area contributed by atoms with Crippen LogP contribution in [0.1, 0.15) is 117 Å². The molecule has 0 saturated carbocycles. The Morgan fingerprint density at radius 1 is 0.692 bits per heavy atom. The van der Waals surface area contributed by atoms with Crippen LogP contribution in [0.2, 0.25) is 0 Å². The van der Waals surface area contributed by atoms with E-state index in [9.17, 15) is 19.4 Å². The minimum atomic E-state index is -4.35. The van der Waals surface area contributed by atoms with Gasteiger partial charge in [-0.15, -0.1) is 0 Å². The zero-order valence-electron chi connectivity index (χ0n) is 33.2. The number of carbonyl (C=O) groups is 1. The lowest BCUT2D eigenvalue weighted by molar-refractivity contribution is -0.870. The molecule has 0 aliphatic heterocycles. The summed E-state index contributed by atoms with van der Waals surface area (Å²) in [5.74, 6) is -0.220. The third-order valence-corrected chi connectivity index (χ3v) is 8.84. The summed E-state index contributed by atoms with van der Waals surface area (Å²) in [6.07, 6.45) is 47.9. The van der Waals surface area contributed by atoms with Crippen LogP contribution in [0, 0.1) is 0 Å². The molecule has 0 aromatic carbocycles. The van der Waals surface area contributed by atoms with Crippen LogP contribution in [0.4, 0.5) is 0 Å². The van der Waals surface area contributed by atoms with Crippen molar-refractivity contribution in [3.8, 4) is 0 Å². The highest BCUT2D eigenvalue weighted by atomic mass is 31.2. The first-order valence-corrected chi connectivity index (χ1v) is 21.1. The van der Waals surface area contributed by atoms with Crippen LogP contribution in [0.25, 0.3) is 0 Å². The summed E-state index contributed by atoms with van der Waals surface area (Å²) in [5, 5.41) is 13.7. The number of nitrogens with one attached hydrogen (secondary N) is 1. The Balaban J connectivity index is 4.47. The first-order valence-electron chi connectivity index (χ1n) is 19.6. The third kappa shape index (κ3) is 35.8. The number of aliphatic hydroxyl groups excluding tert-OH is 1. The minimum absolute atomic E-state index is 0.0430. The largest absolute Gasteiger partial charge is 0.472 e. The van der Waals surface area contributed by atoms with Crippen molar-refractivity contribution >= 4 is 13.7 Å². The summed E-state index contributed by atoms with van der Waals surface area (Å²) in [4.78, 5) is 23.0. The Labute approximate surface area is 318 Å². The Bertz CT molecular complexity index is 1160. The van der Waals surface area contributed by atoms with Crippen molar-refractivity contribution in [1.29, 1.82) is 0 Å². The molecule has 0 aromatic rings. The number of likely N-dealkylation sites (N-methyl/N-ethyl adjacent to an activating group) is 1. The van der Waals surface area contributed by atoms with E-state index in [-0.39, 0.29) is 19.1 Å². The highest BCUT2D eigenvalue weighted by Crippen LogP contribution is 2.43. The predicted octanol–water partition coefficient (Wildman–Crippen LogP) is 10.4. The van der Waals surface area contributed by atoms with Gasteiger partial charge in [0.05, 0.1) is 39.9 Å². The van der Waals surface area contributed by atoms with E-state index < -0.39 is 20.0 Å². The van der Waals surface area contributed by atoms with Crippen LogP contribution in [-0.2, 0) is 18.4 Å². The lowest BCUT2D eigenvalue weighted by atomic mass is 10.1. The highest BCUT2D eigenvalue weighted by Gasteiger charge is 2.27. The van der Waals surface area contributed by atoms with E-state index in [1.54, 1.807) is 6.08 Å². The van der Waals surface area contributed by atoms with E-state index in [0.29, 0.717) is 17.4 Å². The summed E-state index contributed by atoms with van der Waals surface area (Å²) in [6, 6.07) is -0.883. The second kappa shape index (κ2) is 34.2. The number of phosphoric ester groups is 1. The fourth-order valence-electron chi connectivity index (χ4n) is 4.75. The van der Waals surface area contributed by atoms with Crippen LogP contribution in [0.3, 0.4) is 0 Å². The maximum atomic E-state index is 12.8. The number of carbonyl (C=O) groups excluding carboxylic acids is 1. The van der Waals surface area contributed by atoms with Crippen LogP contribution in [-0.4, -0.2) is 73.4 Å². The second-order valence-corrected chi connectivity index (χ2v) is 15.4. The Morgan fingerprint density at radius 3 is 1.77 bits per heavy atom. The number of rotatable bonds is 33. The molecule has 0 heterocycles. The molecule has 0 aliphatic rings. The number of amides is 1. The normalized spacial score (nSPS) is 15.6. The minimum Gasteiger partial charge on any atom is -0.387 e. The number of nitrogens with zero attached hydrogens (tertiary/aromatic N) is 1. The first-order chi connectivity index (χ1) is 25.0. The van der Waals surface area contributed by atoms with Crippen molar-refractivity contribution in [1.82, 2.24) is 5.32 Å². The first kappa shape index (κ1) is 49.4. The van der Waals surface area contributed by atoms with Crippen LogP contribution < -0.4 is 5.32 Å². The number of hydrogen-bond acceptors (Lipinski definition) is 5. The van der Waals surface area contributed by atoms with Crippen molar-refractivity contribution in [2.75, 3.05) is 40.9 Å². The molecular weight excluding hydrogens is 671 g/mol. The number of phosphoric acid groups is 1. The van der Waals surface area contributed by atoms with Gasteiger partial charge in [0.25, 0.3) is 0 Å². The Hall–Kier alpha value is -2.58. The molecule has 9 heteroatoms. The molecule has 0 saturated heterocycles. The van der Waals surface area contributed by atoms with Crippen LogP contribution in [0.15, 0.2) is 97.2 Å². The summed E-state index contributed by atoms with van der Waals surface area (Å²) in [5.41, 5.74) is 0. The van der Waals surface area contributed by atoms with Gasteiger partial charge in [-0.3, -0.25) is 13.8 Å². The molecule has 0 fully saturated rings. The third-order valence-electron chi connectivity index (χ3n) is 7.86. The van der Waals surface area contributed by atoms with Crippen molar-refractivity contribution in [2.24, 2.45) is 0 Å². The number of hydrogen-bond donors (Lipinski definition) is 3. The van der Waals surface area contributed by atoms with Gasteiger partial charge in [0.15, 0.2) is 0 Å². The number of quaternary nitrogens is 1. The quantitative estimate of drug-likeness (QED) is 0.0267. The summed E-state index contributed by atoms with van der Waals surface area (Å²) in [6.45, 7) is 4.37. The molecule has 0 rings (SSSR count). The molecule has 0 bridgehead atoms. The van der Waals surface area contributed by atoms with Gasteiger partial charge in [-0.25, -0.2) is 4.57 Å². The maximum Gasteiger partial charge on any atom is 0.472 e. The predicted molar refractivity (Wildman–Crippen MR) is 221 cm³/mol. The van der Waals surface area contributed by atoms with E-state index in [2.05, 4.69) is 91.2 Å². The van der Waals surface area contributed by atoms with Gasteiger partial charge in [-0.1, -0.05) is 123 Å². The molecule has 0 spiro atoms. The SMILES string of the molecule is C/C=C/CC/C=C/CC/C=C/C(O)C(COP(=O)(O)OCC[N+](C)(C)C)NC(=O)CCCCCCC/C=C\C/C=C\C/C=C\C/C=C\C/C=C\CC. The van der Waals surface area contributed by atoms with Crippen molar-refractivity contribution < 1.29 is 32.9 Å². The van der Waals surface area contributed by atoms with Gasteiger partial charge in [0.2, 0.25) is 5.91 Å². The van der Waals surface area contributed by atoms with Gasteiger partial charge in [-0.2, -0.15) is 0 Å². The van der Waals surface area contributed by atoms with E-state index in [1.165, 1.54) is 0 Å². The zero-order chi connectivity index (χ0) is 38.6. The van der Waals surface area contributed by atoms with E-state index in [4.69, 9.17) is 9.05 Å². The number of aliphatic hydroxyl groups is 1. The van der Waals surface area contributed by atoms with Crippen molar-refractivity contribution in [2.45, 2.75) is 129 Å². The molecule has 296 valence electrons. The highest BCUT2D eigenvalue weighted by molar-refractivity contribution is 7.47. The summed E-state index contributed by atoms with van der Waals surface area (Å²) >= 11 is 0. The van der Waals surface area contributed by atoms with E-state index in [1.807, 2.05) is 40.2 Å². The molecule has 8 nitrogen and oxygen atoms in total. The molecule has 3 atom stereocenters. The molecule has 0 radical (unpaired) electrons. The summed E-state index contributed by atoms with van der Waals surface area (Å²) < 4.78 is 23.4. The summed E-state index contributed by atoms with van der Waals surface area (Å²) in [7, 11) is 1.51. The molecule has 3 unspecified atom stereocenters. The van der Waals surface area contributed by atoms with E-state index >= 15 is 0 Å². The van der Waals surface area contributed by atoms with Gasteiger partial charge in [0, 0.05) is 6.42 Å². The average molecular weight is 746 g/mol. The molecule has 1 amide bonds. The van der Waals surface area contributed by atoms with Gasteiger partial charge in [0.1, 0.15) is 13.2 Å². The fraction of sp³-hybridized carbons (Fsp3) is 0.605. The van der Waals surface area contributed by atoms with Crippen LogP contribution >= 0.6 is 7.82 Å². The molecule has 52 heavy (non-hydrogen) atoms. The topological polar surface area (TPSA) is 105 Å². The lowest BCUT2D eigenvalue weighted by Crippen LogP contribution is -2.45. The van der Waals surface area contributed by atoms with Gasteiger partial charge < -0.3 is 19.8 Å². The van der Waals surface area contributed by atoms with E-state index in [0.717, 1.165) is 96.3 Å². The molecule has 3 N–H and O–H groups in total. The Kier molecular flexibility index (Phi) is 32.5. The van der Waals surface area contributed by atoms with Gasteiger partial charge >= 0.3 is 7.82 Å². The molecule has 0 aromatic heterocycles. The average Bonchev–Trinajstić information content (AvgIpc) is 3.09. The lowest BCUT2D eigenvalue weighted by Gasteiger charge is -2.25. The standard InChI is InChI=1S/C43H73N2O6P/c1-6-8-10-12-14-16-17-18-19-20-21-22-23-24-25-26-27-29-31-33-35-37-43(47)44-41(40-51-52(48,49)50-39-38-45(3,4)5)42(46)36-34-32-30-28-15-13-11-9-7-2/h7-10,14-16,18-19,21-22,24-25,28,34,36,41-42,46H,6,11-13,17,20,23,26-27,29-33,35,37-40H2,1-5H3,(H-,44,47,48,49)/p+1/b9-7+,10-8-,16-14-,19-18-,22-21-,25-24-,28-15+,36-34+.